The molecule has 0 aromatic heterocycles. The largest absolute Gasteiger partial charge is 0.493 e. The number of para-hydroxylation sites is 1. The lowest BCUT2D eigenvalue weighted by atomic mass is 10.3. The Morgan fingerprint density at radius 1 is 1.03 bits per heavy atom. The highest BCUT2D eigenvalue weighted by atomic mass is 32.2. The summed E-state index contributed by atoms with van der Waals surface area (Å²) in [5.41, 5.74) is 0.372. The van der Waals surface area contributed by atoms with Gasteiger partial charge in [-0.2, -0.15) is 0 Å². The van der Waals surface area contributed by atoms with Gasteiger partial charge in [0, 0.05) is 19.2 Å². The van der Waals surface area contributed by atoms with Gasteiger partial charge in [-0.25, -0.2) is 8.42 Å². The lowest BCUT2D eigenvalue weighted by molar-refractivity contribution is -0.120. The number of hydrogen-bond acceptors (Lipinski definition) is 6. The van der Waals surface area contributed by atoms with Crippen LogP contribution in [0.2, 0.25) is 0 Å². The van der Waals surface area contributed by atoms with Gasteiger partial charge < -0.3 is 19.5 Å². The Morgan fingerprint density at radius 3 is 2.28 bits per heavy atom. The lowest BCUT2D eigenvalue weighted by Gasteiger charge is -2.25. The molecule has 1 atom stereocenters. The summed E-state index contributed by atoms with van der Waals surface area (Å²) >= 11 is 0. The van der Waals surface area contributed by atoms with Gasteiger partial charge in [0.15, 0.2) is 11.5 Å². The van der Waals surface area contributed by atoms with Gasteiger partial charge in [0.25, 0.3) is 10.0 Å². The molecule has 0 spiro atoms. The summed E-state index contributed by atoms with van der Waals surface area (Å²) in [6, 6.07) is 12.5. The summed E-state index contributed by atoms with van der Waals surface area (Å²) in [6.45, 7) is 1.71. The number of methoxy groups -OCH3 is 3. The first-order valence-corrected chi connectivity index (χ1v) is 10.4. The Kier molecular flexibility index (Phi) is 7.86. The third kappa shape index (κ3) is 5.61. The van der Waals surface area contributed by atoms with Gasteiger partial charge in [0.1, 0.15) is 6.54 Å². The molecular formula is C20H26N2O6S. The molecular weight excluding hydrogens is 396 g/mol. The van der Waals surface area contributed by atoms with E-state index in [0.717, 1.165) is 4.31 Å². The Labute approximate surface area is 171 Å². The quantitative estimate of drug-likeness (QED) is 0.630. The van der Waals surface area contributed by atoms with Crippen LogP contribution in [-0.2, 0) is 19.6 Å². The van der Waals surface area contributed by atoms with E-state index in [1.807, 2.05) is 0 Å². The molecule has 2 aromatic rings. The van der Waals surface area contributed by atoms with Crippen LogP contribution in [0.15, 0.2) is 53.4 Å². The van der Waals surface area contributed by atoms with Gasteiger partial charge in [0.05, 0.1) is 31.4 Å². The van der Waals surface area contributed by atoms with Crippen molar-refractivity contribution in [1.29, 1.82) is 0 Å². The fourth-order valence-electron chi connectivity index (χ4n) is 2.76. The fourth-order valence-corrected chi connectivity index (χ4v) is 4.19. The minimum Gasteiger partial charge on any atom is -0.493 e. The van der Waals surface area contributed by atoms with Crippen molar-refractivity contribution in [2.75, 3.05) is 38.8 Å². The van der Waals surface area contributed by atoms with Crippen molar-refractivity contribution >= 4 is 21.6 Å². The van der Waals surface area contributed by atoms with Crippen molar-refractivity contribution in [2.24, 2.45) is 0 Å². The minimum atomic E-state index is -4.05. The number of nitrogens with one attached hydrogen (secondary N) is 1. The van der Waals surface area contributed by atoms with E-state index >= 15 is 0 Å². The molecule has 0 fully saturated rings. The number of carbonyl (C=O) groups excluding carboxylic acids is 1. The number of sulfonamides is 1. The number of nitrogens with zero attached hydrogens (tertiary/aromatic N) is 1. The van der Waals surface area contributed by atoms with Gasteiger partial charge in [-0.15, -0.1) is 0 Å². The van der Waals surface area contributed by atoms with Crippen molar-refractivity contribution in [3.63, 3.8) is 0 Å². The van der Waals surface area contributed by atoms with E-state index in [1.165, 1.54) is 39.5 Å². The first-order valence-electron chi connectivity index (χ1n) is 8.91. The second kappa shape index (κ2) is 10.1. The second-order valence-corrected chi connectivity index (χ2v) is 8.15. The molecule has 9 heteroatoms. The molecule has 29 heavy (non-hydrogen) atoms. The van der Waals surface area contributed by atoms with E-state index in [4.69, 9.17) is 14.2 Å². The van der Waals surface area contributed by atoms with Crippen molar-refractivity contribution in [2.45, 2.75) is 17.9 Å². The number of amides is 1. The first kappa shape index (κ1) is 22.5. The van der Waals surface area contributed by atoms with E-state index < -0.39 is 15.9 Å². The van der Waals surface area contributed by atoms with Crippen LogP contribution >= 0.6 is 0 Å². The van der Waals surface area contributed by atoms with Crippen LogP contribution in [0.25, 0.3) is 0 Å². The van der Waals surface area contributed by atoms with E-state index in [9.17, 15) is 13.2 Å². The summed E-state index contributed by atoms with van der Waals surface area (Å²) in [6.07, 6.45) is 0. The molecule has 0 heterocycles. The van der Waals surface area contributed by atoms with Gasteiger partial charge in [0.2, 0.25) is 5.91 Å². The maximum absolute atomic E-state index is 13.4. The third-order valence-corrected chi connectivity index (χ3v) is 5.87. The molecule has 2 rings (SSSR count). The molecule has 0 aliphatic rings. The molecule has 1 N–H and O–H groups in total. The molecule has 2 aromatic carbocycles. The van der Waals surface area contributed by atoms with Crippen LogP contribution in [0.4, 0.5) is 5.69 Å². The van der Waals surface area contributed by atoms with Crippen LogP contribution in [0.1, 0.15) is 6.92 Å². The van der Waals surface area contributed by atoms with Gasteiger partial charge in [-0.05, 0) is 31.2 Å². The summed E-state index contributed by atoms with van der Waals surface area (Å²) < 4.78 is 43.2. The molecule has 0 saturated heterocycles. The number of rotatable bonds is 10. The van der Waals surface area contributed by atoms with Gasteiger partial charge >= 0.3 is 0 Å². The molecule has 0 bridgehead atoms. The molecule has 0 radical (unpaired) electrons. The summed E-state index contributed by atoms with van der Waals surface area (Å²) in [5, 5.41) is 2.73. The topological polar surface area (TPSA) is 94.2 Å². The summed E-state index contributed by atoms with van der Waals surface area (Å²) in [5.74, 6) is 0.242. The molecule has 0 saturated carbocycles. The van der Waals surface area contributed by atoms with Crippen molar-refractivity contribution in [1.82, 2.24) is 5.32 Å². The van der Waals surface area contributed by atoms with Crippen LogP contribution in [-0.4, -0.2) is 54.8 Å². The Bertz CT molecular complexity index is 918. The SMILES string of the molecule is COC[C@@H](C)NC(=O)CN(c1ccccc1)S(=O)(=O)c1ccc(OC)c(OC)c1. The summed E-state index contributed by atoms with van der Waals surface area (Å²) in [7, 11) is 0.370. The average Bonchev–Trinajstić information content (AvgIpc) is 2.72. The van der Waals surface area contributed by atoms with Crippen LogP contribution in [0, 0.1) is 0 Å². The average molecular weight is 423 g/mol. The predicted molar refractivity (Wildman–Crippen MR) is 110 cm³/mol. The zero-order chi connectivity index (χ0) is 21.4. The Hall–Kier alpha value is -2.78. The molecule has 1 amide bonds. The highest BCUT2D eigenvalue weighted by molar-refractivity contribution is 7.92. The second-order valence-electron chi connectivity index (χ2n) is 6.29. The normalized spacial score (nSPS) is 12.1. The highest BCUT2D eigenvalue weighted by Gasteiger charge is 2.28. The molecule has 158 valence electrons. The van der Waals surface area contributed by atoms with Gasteiger partial charge in [-0.3, -0.25) is 9.10 Å². The summed E-state index contributed by atoms with van der Waals surface area (Å²) in [4.78, 5) is 12.5. The maximum Gasteiger partial charge on any atom is 0.264 e. The smallest absolute Gasteiger partial charge is 0.264 e. The predicted octanol–water partition coefficient (Wildman–Crippen LogP) is 2.05. The minimum absolute atomic E-state index is 0.0169. The van der Waals surface area contributed by atoms with Gasteiger partial charge in [-0.1, -0.05) is 18.2 Å². The van der Waals surface area contributed by atoms with Crippen molar-refractivity contribution in [3.05, 3.63) is 48.5 Å². The van der Waals surface area contributed by atoms with E-state index in [1.54, 1.807) is 37.3 Å². The van der Waals surface area contributed by atoms with Crippen LogP contribution in [0.5, 0.6) is 11.5 Å². The number of anilines is 1. The zero-order valence-corrected chi connectivity index (χ0v) is 17.7. The fraction of sp³-hybridized carbons (Fsp3) is 0.350. The van der Waals surface area contributed by atoms with E-state index in [2.05, 4.69) is 5.32 Å². The standard InChI is InChI=1S/C20H26N2O6S/c1-15(14-26-2)21-20(23)13-22(16-8-6-5-7-9-16)29(24,25)17-10-11-18(27-3)19(12-17)28-4/h5-12,15H,13-14H2,1-4H3,(H,21,23)/t15-/m1/s1. The van der Waals surface area contributed by atoms with Crippen molar-refractivity contribution in [3.8, 4) is 11.5 Å². The van der Waals surface area contributed by atoms with Crippen LogP contribution < -0.4 is 19.1 Å². The maximum atomic E-state index is 13.4. The lowest BCUT2D eigenvalue weighted by Crippen LogP contribution is -2.44. The third-order valence-electron chi connectivity index (χ3n) is 4.10. The Balaban J connectivity index is 2.41. The number of benzene rings is 2. The Morgan fingerprint density at radius 2 is 1.69 bits per heavy atom. The number of carbonyl (C=O) groups is 1. The first-order chi connectivity index (χ1) is 13.8. The van der Waals surface area contributed by atoms with E-state index in [-0.39, 0.29) is 23.2 Å². The zero-order valence-electron chi connectivity index (χ0n) is 16.9. The van der Waals surface area contributed by atoms with Crippen molar-refractivity contribution < 1.29 is 27.4 Å². The number of ether oxygens (including phenoxy) is 3. The molecule has 0 aliphatic heterocycles. The highest BCUT2D eigenvalue weighted by Crippen LogP contribution is 2.32. The molecule has 0 aliphatic carbocycles. The monoisotopic (exact) mass is 422 g/mol. The molecule has 8 nitrogen and oxygen atoms in total. The van der Waals surface area contributed by atoms with Crippen LogP contribution in [0.3, 0.4) is 0 Å². The van der Waals surface area contributed by atoms with E-state index in [0.29, 0.717) is 18.0 Å². The number of hydrogen-bond donors (Lipinski definition) is 1. The molecule has 0 unspecified atom stereocenters.